The van der Waals surface area contributed by atoms with Gasteiger partial charge in [0.15, 0.2) is 6.29 Å². The highest BCUT2D eigenvalue weighted by molar-refractivity contribution is 5.85. The summed E-state index contributed by atoms with van der Waals surface area (Å²) in [4.78, 5) is 20.4. The fraction of sp³-hybridized carbons (Fsp3) is 0.714. The fourth-order valence-corrected chi connectivity index (χ4v) is 0.621. The number of rotatable bonds is 6. The van der Waals surface area contributed by atoms with E-state index in [1.54, 1.807) is 0 Å². The molecule has 0 radical (unpaired) electrons. The van der Waals surface area contributed by atoms with Gasteiger partial charge in [-0.15, -0.1) is 12.4 Å². The lowest BCUT2D eigenvalue weighted by Gasteiger charge is -2.02. The fourth-order valence-electron chi connectivity index (χ4n) is 0.621. The van der Waals surface area contributed by atoms with Crippen molar-refractivity contribution in [2.45, 2.75) is 12.8 Å². The molecule has 1 amide bonds. The van der Waals surface area contributed by atoms with Crippen molar-refractivity contribution in [1.82, 2.24) is 5.32 Å². The van der Waals surface area contributed by atoms with Crippen molar-refractivity contribution in [1.29, 1.82) is 0 Å². The molecule has 0 bridgehead atoms. The molecule has 0 heterocycles. The van der Waals surface area contributed by atoms with Crippen LogP contribution in [0.3, 0.4) is 0 Å². The van der Waals surface area contributed by atoms with Crippen LogP contribution in [-0.4, -0.2) is 32.1 Å². The lowest BCUT2D eigenvalue weighted by atomic mass is 10.3. The molecule has 0 atom stereocenters. The molecule has 0 fully saturated rings. The molecule has 0 aromatic carbocycles. The molecule has 0 aliphatic carbocycles. The van der Waals surface area contributed by atoms with E-state index >= 15 is 0 Å². The number of unbranched alkanes of at least 4 members (excludes halogenated alkanes) is 1. The number of nitrogens with one attached hydrogen (secondary N) is 1. The van der Waals surface area contributed by atoms with Crippen molar-refractivity contribution < 1.29 is 14.3 Å². The standard InChI is InChI=1S/C7H14N2O3.ClH/c8-3-1-2-4-9-7(11)12-6-5-10;/h5H,1-4,6,8H2,(H,9,11);1H. The highest BCUT2D eigenvalue weighted by Crippen LogP contribution is 1.83. The van der Waals surface area contributed by atoms with Crippen LogP contribution in [0.2, 0.25) is 0 Å². The molecule has 0 aromatic heterocycles. The molecule has 3 N–H and O–H groups in total. The van der Waals surface area contributed by atoms with Gasteiger partial charge in [-0.2, -0.15) is 0 Å². The van der Waals surface area contributed by atoms with Crippen molar-refractivity contribution in [3.8, 4) is 0 Å². The molecule has 5 nitrogen and oxygen atoms in total. The van der Waals surface area contributed by atoms with Crippen molar-refractivity contribution in [3.63, 3.8) is 0 Å². The van der Waals surface area contributed by atoms with Gasteiger partial charge in [-0.25, -0.2) is 4.79 Å². The Morgan fingerprint density at radius 1 is 1.46 bits per heavy atom. The minimum Gasteiger partial charge on any atom is -0.442 e. The zero-order valence-corrected chi connectivity index (χ0v) is 8.14. The zero-order chi connectivity index (χ0) is 9.23. The van der Waals surface area contributed by atoms with Gasteiger partial charge in [0.1, 0.15) is 6.61 Å². The van der Waals surface area contributed by atoms with Crippen molar-refractivity contribution in [2.24, 2.45) is 5.73 Å². The molecular weight excluding hydrogens is 196 g/mol. The van der Waals surface area contributed by atoms with Gasteiger partial charge in [-0.1, -0.05) is 0 Å². The van der Waals surface area contributed by atoms with Crippen LogP contribution >= 0.6 is 12.4 Å². The number of halogens is 1. The van der Waals surface area contributed by atoms with Gasteiger partial charge in [0.2, 0.25) is 0 Å². The topological polar surface area (TPSA) is 81.4 Å². The minimum atomic E-state index is -0.556. The van der Waals surface area contributed by atoms with E-state index in [1.165, 1.54) is 0 Å². The summed E-state index contributed by atoms with van der Waals surface area (Å²) in [5, 5.41) is 2.48. The van der Waals surface area contributed by atoms with E-state index in [9.17, 15) is 9.59 Å². The number of nitrogens with two attached hydrogens (primary N) is 1. The maximum atomic E-state index is 10.6. The molecule has 6 heteroatoms. The zero-order valence-electron chi connectivity index (χ0n) is 7.32. The van der Waals surface area contributed by atoms with E-state index in [4.69, 9.17) is 5.73 Å². The number of alkyl carbamates (subject to hydrolysis) is 1. The number of carbonyl (C=O) groups is 2. The molecule has 0 spiro atoms. The average Bonchev–Trinajstić information content (AvgIpc) is 2.09. The maximum Gasteiger partial charge on any atom is 0.407 e. The van der Waals surface area contributed by atoms with Gasteiger partial charge in [-0.05, 0) is 19.4 Å². The van der Waals surface area contributed by atoms with E-state index in [-0.39, 0.29) is 19.0 Å². The normalized spacial score (nSPS) is 8.38. The summed E-state index contributed by atoms with van der Waals surface area (Å²) < 4.78 is 4.42. The van der Waals surface area contributed by atoms with Crippen molar-refractivity contribution in [2.75, 3.05) is 19.7 Å². The van der Waals surface area contributed by atoms with E-state index in [0.29, 0.717) is 19.4 Å². The Hall–Kier alpha value is -0.810. The molecule has 0 saturated carbocycles. The molecule has 0 aliphatic rings. The summed E-state index contributed by atoms with van der Waals surface area (Å²) in [5.41, 5.74) is 5.24. The number of hydrogen-bond acceptors (Lipinski definition) is 4. The quantitative estimate of drug-likeness (QED) is 0.480. The third-order valence-electron chi connectivity index (χ3n) is 1.18. The average molecular weight is 211 g/mol. The predicted octanol–water partition coefficient (Wildman–Crippen LogP) is 0.0722. The van der Waals surface area contributed by atoms with E-state index in [1.807, 2.05) is 0 Å². The first-order valence-electron chi connectivity index (χ1n) is 3.85. The van der Waals surface area contributed by atoms with Gasteiger partial charge < -0.3 is 15.8 Å². The molecule has 78 valence electrons. The monoisotopic (exact) mass is 210 g/mol. The summed E-state index contributed by atoms with van der Waals surface area (Å²) in [7, 11) is 0. The van der Waals surface area contributed by atoms with Gasteiger partial charge in [0, 0.05) is 6.54 Å². The maximum absolute atomic E-state index is 10.6. The Morgan fingerprint density at radius 2 is 2.15 bits per heavy atom. The first-order chi connectivity index (χ1) is 5.81. The van der Waals surface area contributed by atoms with Gasteiger partial charge in [-0.3, -0.25) is 4.79 Å². The van der Waals surface area contributed by atoms with Crippen LogP contribution in [0.15, 0.2) is 0 Å². The summed E-state index contributed by atoms with van der Waals surface area (Å²) in [6.07, 6.45) is 1.67. The lowest BCUT2D eigenvalue weighted by Crippen LogP contribution is -2.26. The molecule has 0 aromatic rings. The summed E-state index contributed by atoms with van der Waals surface area (Å²) in [6, 6.07) is 0. The third-order valence-corrected chi connectivity index (χ3v) is 1.18. The molecule has 0 saturated heterocycles. The Bertz CT molecular complexity index is 144. The lowest BCUT2D eigenvalue weighted by molar-refractivity contribution is -0.110. The van der Waals surface area contributed by atoms with Crippen LogP contribution in [0.25, 0.3) is 0 Å². The first-order valence-corrected chi connectivity index (χ1v) is 3.85. The second-order valence-electron chi connectivity index (χ2n) is 2.19. The Balaban J connectivity index is 0. The Labute approximate surface area is 83.4 Å². The number of amides is 1. The molecular formula is C7H15ClN2O3. The predicted molar refractivity (Wildman–Crippen MR) is 51.0 cm³/mol. The van der Waals surface area contributed by atoms with Crippen LogP contribution in [0.1, 0.15) is 12.8 Å². The SMILES string of the molecule is Cl.NCCCCNC(=O)OCC=O. The highest BCUT2D eigenvalue weighted by atomic mass is 35.5. The first kappa shape index (κ1) is 14.7. The number of carbonyl (C=O) groups excluding carboxylic acids is 2. The van der Waals surface area contributed by atoms with Crippen molar-refractivity contribution >= 4 is 24.8 Å². The van der Waals surface area contributed by atoms with Crippen LogP contribution in [0, 0.1) is 0 Å². The number of aldehydes is 1. The second-order valence-corrected chi connectivity index (χ2v) is 2.19. The number of hydrogen-bond donors (Lipinski definition) is 2. The van der Waals surface area contributed by atoms with Gasteiger partial charge in [0.05, 0.1) is 0 Å². The smallest absolute Gasteiger partial charge is 0.407 e. The van der Waals surface area contributed by atoms with E-state index in [2.05, 4.69) is 10.1 Å². The minimum absolute atomic E-state index is 0. The highest BCUT2D eigenvalue weighted by Gasteiger charge is 1.98. The second kappa shape index (κ2) is 11.2. The number of ether oxygens (including phenoxy) is 1. The molecule has 13 heavy (non-hydrogen) atoms. The van der Waals surface area contributed by atoms with Crippen LogP contribution in [0.4, 0.5) is 4.79 Å². The molecule has 0 unspecified atom stereocenters. The van der Waals surface area contributed by atoms with Crippen molar-refractivity contribution in [3.05, 3.63) is 0 Å². The molecule has 0 rings (SSSR count). The molecule has 0 aliphatic heterocycles. The summed E-state index contributed by atoms with van der Waals surface area (Å²) >= 11 is 0. The largest absolute Gasteiger partial charge is 0.442 e. The summed E-state index contributed by atoms with van der Waals surface area (Å²) in [5.74, 6) is 0. The van der Waals surface area contributed by atoms with Crippen LogP contribution in [0.5, 0.6) is 0 Å². The van der Waals surface area contributed by atoms with Crippen LogP contribution in [-0.2, 0) is 9.53 Å². The Morgan fingerprint density at radius 3 is 2.69 bits per heavy atom. The van der Waals surface area contributed by atoms with E-state index in [0.717, 1.165) is 12.8 Å². The third kappa shape index (κ3) is 11.2. The Kier molecular flexibility index (Phi) is 12.7. The summed E-state index contributed by atoms with van der Waals surface area (Å²) in [6.45, 7) is 0.961. The van der Waals surface area contributed by atoms with Gasteiger partial charge in [0.25, 0.3) is 0 Å². The van der Waals surface area contributed by atoms with Gasteiger partial charge >= 0.3 is 6.09 Å². The van der Waals surface area contributed by atoms with E-state index < -0.39 is 6.09 Å². The van der Waals surface area contributed by atoms with Crippen LogP contribution < -0.4 is 11.1 Å².